The molecule has 0 aliphatic carbocycles. The predicted octanol–water partition coefficient (Wildman–Crippen LogP) is 3.28. The minimum absolute atomic E-state index is 0.0614. The van der Waals surface area contributed by atoms with Gasteiger partial charge in [-0.2, -0.15) is 0 Å². The number of ether oxygens (including phenoxy) is 2. The van der Waals surface area contributed by atoms with Gasteiger partial charge < -0.3 is 14.4 Å². The first-order chi connectivity index (χ1) is 11.1. The predicted molar refractivity (Wildman–Crippen MR) is 84.2 cm³/mol. The summed E-state index contributed by atoms with van der Waals surface area (Å²) in [5.41, 5.74) is 0.280. The highest BCUT2D eigenvalue weighted by Crippen LogP contribution is 2.31. The molecule has 23 heavy (non-hydrogen) atoms. The van der Waals surface area contributed by atoms with Crippen molar-refractivity contribution in [2.75, 3.05) is 13.7 Å². The zero-order valence-electron chi connectivity index (χ0n) is 12.5. The number of hydrogen-bond donors (Lipinski definition) is 0. The number of benzene rings is 2. The molecule has 6 heteroatoms. The van der Waals surface area contributed by atoms with E-state index in [0.29, 0.717) is 11.5 Å². The highest BCUT2D eigenvalue weighted by atomic mass is 35.5. The molecule has 0 radical (unpaired) electrons. The summed E-state index contributed by atoms with van der Waals surface area (Å²) >= 11 is 6.00. The maximum Gasteiger partial charge on any atom is 0.267 e. The van der Waals surface area contributed by atoms with E-state index in [4.69, 9.17) is 21.1 Å². The lowest BCUT2D eigenvalue weighted by atomic mass is 10.2. The topological polar surface area (TPSA) is 38.8 Å². The lowest BCUT2D eigenvalue weighted by Gasteiger charge is -2.29. The molecule has 120 valence electrons. The van der Waals surface area contributed by atoms with Gasteiger partial charge in [0.1, 0.15) is 12.4 Å². The van der Waals surface area contributed by atoms with Gasteiger partial charge in [0.2, 0.25) is 6.10 Å². The minimum Gasteiger partial charge on any atom is -0.485 e. The first-order valence-corrected chi connectivity index (χ1v) is 7.50. The molecule has 1 aliphatic heterocycles. The molecule has 0 unspecified atom stereocenters. The summed E-state index contributed by atoms with van der Waals surface area (Å²) in [7, 11) is 1.58. The Hall–Kier alpha value is -2.27. The van der Waals surface area contributed by atoms with Crippen LogP contribution in [-0.4, -0.2) is 30.6 Å². The molecule has 2 aromatic rings. The number of rotatable bonds is 3. The summed E-state index contributed by atoms with van der Waals surface area (Å²) in [6.07, 6.45) is -0.763. The largest absolute Gasteiger partial charge is 0.485 e. The SMILES string of the molecule is CN(Cc1c(F)cccc1Cl)C(=O)[C@@H]1COc2ccccc2O1. The van der Waals surface area contributed by atoms with E-state index in [0.717, 1.165) is 0 Å². The first-order valence-electron chi connectivity index (χ1n) is 7.12. The zero-order valence-corrected chi connectivity index (χ0v) is 13.2. The van der Waals surface area contributed by atoms with Crippen molar-refractivity contribution < 1.29 is 18.7 Å². The van der Waals surface area contributed by atoms with Crippen LogP contribution in [0, 0.1) is 5.82 Å². The maximum absolute atomic E-state index is 13.8. The van der Waals surface area contributed by atoms with Gasteiger partial charge in [-0.15, -0.1) is 0 Å². The van der Waals surface area contributed by atoms with Gasteiger partial charge >= 0.3 is 0 Å². The van der Waals surface area contributed by atoms with Gasteiger partial charge in [0.25, 0.3) is 5.91 Å². The fourth-order valence-corrected chi connectivity index (χ4v) is 2.61. The molecule has 0 bridgehead atoms. The normalized spacial score (nSPS) is 16.0. The Balaban J connectivity index is 1.71. The van der Waals surface area contributed by atoms with Crippen molar-refractivity contribution in [1.29, 1.82) is 0 Å². The molecule has 2 aromatic carbocycles. The van der Waals surface area contributed by atoms with E-state index >= 15 is 0 Å². The van der Waals surface area contributed by atoms with Crippen LogP contribution in [0.5, 0.6) is 11.5 Å². The number of fused-ring (bicyclic) bond motifs is 1. The third-order valence-electron chi connectivity index (χ3n) is 3.62. The number of amides is 1. The standard InChI is InChI=1S/C17H15ClFNO3/c1-20(9-11-12(18)5-4-6-13(11)19)17(21)16-10-22-14-7-2-3-8-15(14)23-16/h2-8,16H,9-10H2,1H3/t16-/m0/s1. The number of likely N-dealkylation sites (N-methyl/N-ethyl adjacent to an activating group) is 1. The first kappa shape index (κ1) is 15.6. The summed E-state index contributed by atoms with van der Waals surface area (Å²) in [4.78, 5) is 13.9. The lowest BCUT2D eigenvalue weighted by molar-refractivity contribution is -0.140. The fraction of sp³-hybridized carbons (Fsp3) is 0.235. The fourth-order valence-electron chi connectivity index (χ4n) is 2.39. The van der Waals surface area contributed by atoms with Gasteiger partial charge in [-0.25, -0.2) is 4.39 Å². The molecule has 0 saturated heterocycles. The summed E-state index contributed by atoms with van der Waals surface area (Å²) in [6, 6.07) is 11.6. The molecular weight excluding hydrogens is 321 g/mol. The van der Waals surface area contributed by atoms with Gasteiger partial charge in [-0.3, -0.25) is 4.79 Å². The lowest BCUT2D eigenvalue weighted by Crippen LogP contribution is -2.44. The Morgan fingerprint density at radius 1 is 1.26 bits per heavy atom. The van der Waals surface area contributed by atoms with E-state index in [1.54, 1.807) is 31.3 Å². The smallest absolute Gasteiger partial charge is 0.267 e. The van der Waals surface area contributed by atoms with Gasteiger partial charge in [-0.1, -0.05) is 29.8 Å². The van der Waals surface area contributed by atoms with Crippen molar-refractivity contribution in [1.82, 2.24) is 4.90 Å². The molecule has 0 saturated carbocycles. The molecule has 1 atom stereocenters. The molecule has 0 aromatic heterocycles. The second kappa shape index (κ2) is 6.46. The van der Waals surface area contributed by atoms with Crippen LogP contribution in [0.3, 0.4) is 0 Å². The van der Waals surface area contributed by atoms with E-state index in [-0.39, 0.29) is 29.6 Å². The van der Waals surface area contributed by atoms with Gasteiger partial charge in [0, 0.05) is 24.2 Å². The Bertz CT molecular complexity index is 717. The monoisotopic (exact) mass is 335 g/mol. The average molecular weight is 336 g/mol. The Labute approximate surface area is 138 Å². The van der Waals surface area contributed by atoms with Crippen LogP contribution in [0.4, 0.5) is 4.39 Å². The number of hydrogen-bond acceptors (Lipinski definition) is 3. The maximum atomic E-state index is 13.8. The second-order valence-corrected chi connectivity index (χ2v) is 5.67. The summed E-state index contributed by atoms with van der Waals surface area (Å²) < 4.78 is 25.0. The third kappa shape index (κ3) is 3.24. The number of nitrogens with zero attached hydrogens (tertiary/aromatic N) is 1. The van der Waals surface area contributed by atoms with E-state index < -0.39 is 11.9 Å². The van der Waals surface area contributed by atoms with Crippen LogP contribution < -0.4 is 9.47 Å². The molecule has 0 N–H and O–H groups in total. The molecule has 1 amide bonds. The van der Waals surface area contributed by atoms with Crippen LogP contribution in [0.2, 0.25) is 5.02 Å². The van der Waals surface area contributed by atoms with Crippen molar-refractivity contribution in [2.45, 2.75) is 12.6 Å². The molecule has 3 rings (SSSR count). The van der Waals surface area contributed by atoms with E-state index in [2.05, 4.69) is 0 Å². The summed E-state index contributed by atoms with van der Waals surface area (Å²) in [5.74, 6) is 0.396. The van der Waals surface area contributed by atoms with E-state index in [1.807, 2.05) is 6.07 Å². The number of carbonyl (C=O) groups is 1. The molecule has 0 fully saturated rings. The number of para-hydroxylation sites is 2. The summed E-state index contributed by atoms with van der Waals surface area (Å²) in [5, 5.41) is 0.288. The number of halogens is 2. The average Bonchev–Trinajstić information content (AvgIpc) is 2.57. The number of carbonyl (C=O) groups excluding carboxylic acids is 1. The Morgan fingerprint density at radius 2 is 2.00 bits per heavy atom. The molecule has 0 spiro atoms. The van der Waals surface area contributed by atoms with Crippen molar-refractivity contribution >= 4 is 17.5 Å². The Kier molecular flexibility index (Phi) is 4.39. The highest BCUT2D eigenvalue weighted by molar-refractivity contribution is 6.31. The zero-order chi connectivity index (χ0) is 16.4. The van der Waals surface area contributed by atoms with Crippen LogP contribution in [0.1, 0.15) is 5.56 Å². The third-order valence-corrected chi connectivity index (χ3v) is 3.97. The molecule has 4 nitrogen and oxygen atoms in total. The molecule has 1 heterocycles. The van der Waals surface area contributed by atoms with Crippen LogP contribution in [0.15, 0.2) is 42.5 Å². The van der Waals surface area contributed by atoms with Crippen molar-refractivity contribution in [2.24, 2.45) is 0 Å². The van der Waals surface area contributed by atoms with Gasteiger partial charge in [0.05, 0.1) is 0 Å². The van der Waals surface area contributed by atoms with Gasteiger partial charge in [-0.05, 0) is 24.3 Å². The van der Waals surface area contributed by atoms with Crippen LogP contribution in [-0.2, 0) is 11.3 Å². The van der Waals surface area contributed by atoms with Gasteiger partial charge in [0.15, 0.2) is 11.5 Å². The second-order valence-electron chi connectivity index (χ2n) is 5.26. The van der Waals surface area contributed by atoms with E-state index in [1.165, 1.54) is 17.0 Å². The minimum atomic E-state index is -0.763. The van der Waals surface area contributed by atoms with Crippen molar-refractivity contribution in [3.05, 3.63) is 58.9 Å². The quantitative estimate of drug-likeness (QED) is 0.864. The molecule has 1 aliphatic rings. The van der Waals surface area contributed by atoms with Crippen LogP contribution in [0.25, 0.3) is 0 Å². The van der Waals surface area contributed by atoms with Crippen LogP contribution >= 0.6 is 11.6 Å². The van der Waals surface area contributed by atoms with E-state index in [9.17, 15) is 9.18 Å². The van der Waals surface area contributed by atoms with Crippen molar-refractivity contribution in [3.8, 4) is 11.5 Å². The van der Waals surface area contributed by atoms with Crippen molar-refractivity contribution in [3.63, 3.8) is 0 Å². The summed E-state index contributed by atoms with van der Waals surface area (Å²) in [6.45, 7) is 0.178. The highest BCUT2D eigenvalue weighted by Gasteiger charge is 2.30. The molecular formula is C17H15ClFNO3. The Morgan fingerprint density at radius 3 is 2.74 bits per heavy atom.